The summed E-state index contributed by atoms with van der Waals surface area (Å²) in [6, 6.07) is 0. The monoisotopic (exact) mass is 186 g/mol. The second kappa shape index (κ2) is 4.64. The summed E-state index contributed by atoms with van der Waals surface area (Å²) in [5, 5.41) is 9.84. The smallest absolute Gasteiger partial charge is 0.111 e. The van der Waals surface area contributed by atoms with Gasteiger partial charge in [0.2, 0.25) is 0 Å². The number of thioether (sulfide) groups is 1. The topological polar surface area (TPSA) is 58.6 Å². The highest BCUT2D eigenvalue weighted by Gasteiger charge is 2.23. The van der Waals surface area contributed by atoms with E-state index in [4.69, 9.17) is 5.73 Å². The maximum absolute atomic E-state index is 9.84. The summed E-state index contributed by atoms with van der Waals surface area (Å²) in [5.74, 6) is 1.57. The third-order valence-electron chi connectivity index (χ3n) is 1.58. The van der Waals surface area contributed by atoms with Gasteiger partial charge in [-0.1, -0.05) is 0 Å². The molecule has 3 N–H and O–H groups in total. The lowest BCUT2D eigenvalue weighted by Crippen LogP contribution is -2.34. The zero-order chi connectivity index (χ0) is 8.86. The van der Waals surface area contributed by atoms with Crippen LogP contribution in [0.5, 0.6) is 0 Å². The van der Waals surface area contributed by atoms with Gasteiger partial charge in [-0.25, -0.2) is 0 Å². The van der Waals surface area contributed by atoms with Gasteiger partial charge in [-0.05, 0) is 12.2 Å². The van der Waals surface area contributed by atoms with Crippen LogP contribution in [0.3, 0.4) is 0 Å². The third kappa shape index (κ3) is 2.97. The summed E-state index contributed by atoms with van der Waals surface area (Å²) in [6.07, 6.45) is 5.29. The SMILES string of the molecule is NCCSCC1(O)C=CC=NC1. The Balaban J connectivity index is 2.29. The summed E-state index contributed by atoms with van der Waals surface area (Å²) >= 11 is 1.66. The first-order chi connectivity index (χ1) is 5.77. The highest BCUT2D eigenvalue weighted by atomic mass is 32.2. The minimum absolute atomic E-state index is 0.473. The number of hydrogen-bond donors (Lipinski definition) is 2. The van der Waals surface area contributed by atoms with Gasteiger partial charge in [0.1, 0.15) is 5.60 Å². The first-order valence-electron chi connectivity index (χ1n) is 3.95. The minimum atomic E-state index is -0.741. The van der Waals surface area contributed by atoms with Crippen molar-refractivity contribution in [1.82, 2.24) is 0 Å². The molecule has 0 amide bonds. The molecule has 68 valence electrons. The number of allylic oxidation sites excluding steroid dienone is 1. The fraction of sp³-hybridized carbons (Fsp3) is 0.625. The Morgan fingerprint density at radius 1 is 1.67 bits per heavy atom. The van der Waals surface area contributed by atoms with Crippen LogP contribution in [0.2, 0.25) is 0 Å². The molecule has 4 heteroatoms. The molecule has 1 aliphatic rings. The molecule has 1 atom stereocenters. The van der Waals surface area contributed by atoms with E-state index in [9.17, 15) is 5.11 Å². The summed E-state index contributed by atoms with van der Waals surface area (Å²) in [5.41, 5.74) is 4.60. The van der Waals surface area contributed by atoms with Crippen molar-refractivity contribution in [3.63, 3.8) is 0 Å². The van der Waals surface area contributed by atoms with E-state index in [2.05, 4.69) is 4.99 Å². The molecule has 0 fully saturated rings. The Kier molecular flexibility index (Phi) is 3.78. The Hall–Kier alpha value is -0.320. The molecule has 0 bridgehead atoms. The molecule has 0 aliphatic carbocycles. The van der Waals surface area contributed by atoms with E-state index < -0.39 is 5.60 Å². The maximum atomic E-state index is 9.84. The molecule has 12 heavy (non-hydrogen) atoms. The largest absolute Gasteiger partial charge is 0.383 e. The van der Waals surface area contributed by atoms with Gasteiger partial charge in [0.15, 0.2) is 0 Å². The lowest BCUT2D eigenvalue weighted by Gasteiger charge is -2.23. The van der Waals surface area contributed by atoms with Gasteiger partial charge in [-0.15, -0.1) is 0 Å². The van der Waals surface area contributed by atoms with Crippen molar-refractivity contribution in [2.24, 2.45) is 10.7 Å². The normalized spacial score (nSPS) is 27.8. The fourth-order valence-electron chi connectivity index (χ4n) is 0.972. The molecule has 0 saturated carbocycles. The molecule has 0 radical (unpaired) electrons. The van der Waals surface area contributed by atoms with Crippen LogP contribution in [0, 0.1) is 0 Å². The zero-order valence-electron chi connectivity index (χ0n) is 6.94. The number of rotatable bonds is 4. The van der Waals surface area contributed by atoms with Crippen LogP contribution < -0.4 is 5.73 Å². The molecule has 0 aromatic carbocycles. The van der Waals surface area contributed by atoms with Crippen LogP contribution in [0.4, 0.5) is 0 Å². The van der Waals surface area contributed by atoms with Gasteiger partial charge in [0, 0.05) is 24.3 Å². The Morgan fingerprint density at radius 3 is 3.08 bits per heavy atom. The highest BCUT2D eigenvalue weighted by molar-refractivity contribution is 7.99. The number of hydrogen-bond acceptors (Lipinski definition) is 4. The number of aliphatic imine (C=N–C) groups is 1. The Morgan fingerprint density at radius 2 is 2.50 bits per heavy atom. The van der Waals surface area contributed by atoms with E-state index in [-0.39, 0.29) is 0 Å². The molecule has 1 unspecified atom stereocenters. The van der Waals surface area contributed by atoms with Crippen molar-refractivity contribution in [3.8, 4) is 0 Å². The van der Waals surface area contributed by atoms with E-state index in [0.29, 0.717) is 18.8 Å². The Labute approximate surface area is 76.8 Å². The van der Waals surface area contributed by atoms with Gasteiger partial charge in [0.25, 0.3) is 0 Å². The van der Waals surface area contributed by atoms with Crippen LogP contribution in [-0.4, -0.2) is 41.5 Å². The number of aliphatic hydroxyl groups is 1. The lowest BCUT2D eigenvalue weighted by atomic mass is 10.1. The predicted octanol–water partition coefficient (Wildman–Crippen LogP) is 0.0500. The summed E-state index contributed by atoms with van der Waals surface area (Å²) in [7, 11) is 0. The molecular formula is C8H14N2OS. The van der Waals surface area contributed by atoms with Crippen molar-refractivity contribution >= 4 is 18.0 Å². The molecule has 0 aromatic heterocycles. The lowest BCUT2D eigenvalue weighted by molar-refractivity contribution is 0.126. The van der Waals surface area contributed by atoms with Crippen molar-refractivity contribution in [3.05, 3.63) is 12.2 Å². The van der Waals surface area contributed by atoms with Crippen LogP contribution in [-0.2, 0) is 0 Å². The first kappa shape index (κ1) is 9.77. The van der Waals surface area contributed by atoms with Crippen molar-refractivity contribution < 1.29 is 5.11 Å². The Bertz CT molecular complexity index is 193. The molecule has 0 spiro atoms. The third-order valence-corrected chi connectivity index (χ3v) is 2.81. The highest BCUT2D eigenvalue weighted by Crippen LogP contribution is 2.17. The van der Waals surface area contributed by atoms with E-state index in [1.807, 2.05) is 0 Å². The van der Waals surface area contributed by atoms with Crippen molar-refractivity contribution in [1.29, 1.82) is 0 Å². The second-order valence-corrected chi connectivity index (χ2v) is 3.90. The molecular weight excluding hydrogens is 172 g/mol. The molecule has 0 saturated heterocycles. The van der Waals surface area contributed by atoms with Crippen molar-refractivity contribution in [2.45, 2.75) is 5.60 Å². The standard InChI is InChI=1S/C8H14N2OS/c9-3-5-12-7-8(11)2-1-4-10-6-8/h1-2,4,11H,3,5-7,9H2. The predicted molar refractivity (Wildman–Crippen MR) is 53.8 cm³/mol. The van der Waals surface area contributed by atoms with E-state index in [1.54, 1.807) is 30.1 Å². The average molecular weight is 186 g/mol. The van der Waals surface area contributed by atoms with Crippen LogP contribution in [0.1, 0.15) is 0 Å². The van der Waals surface area contributed by atoms with E-state index >= 15 is 0 Å². The number of dihydropyridines is 1. The van der Waals surface area contributed by atoms with Crippen LogP contribution in [0.15, 0.2) is 17.1 Å². The first-order valence-corrected chi connectivity index (χ1v) is 5.10. The zero-order valence-corrected chi connectivity index (χ0v) is 7.76. The van der Waals surface area contributed by atoms with Gasteiger partial charge in [-0.3, -0.25) is 4.99 Å². The quantitative estimate of drug-likeness (QED) is 0.610. The van der Waals surface area contributed by atoms with Crippen LogP contribution >= 0.6 is 11.8 Å². The molecule has 0 aromatic rings. The maximum Gasteiger partial charge on any atom is 0.111 e. The van der Waals surface area contributed by atoms with E-state index in [0.717, 1.165) is 5.75 Å². The fourth-order valence-corrected chi connectivity index (χ4v) is 1.82. The van der Waals surface area contributed by atoms with Gasteiger partial charge in [0.05, 0.1) is 6.54 Å². The van der Waals surface area contributed by atoms with Gasteiger partial charge < -0.3 is 10.8 Å². The number of nitrogens with two attached hydrogens (primary N) is 1. The van der Waals surface area contributed by atoms with Crippen LogP contribution in [0.25, 0.3) is 0 Å². The molecule has 3 nitrogen and oxygen atoms in total. The minimum Gasteiger partial charge on any atom is -0.383 e. The second-order valence-electron chi connectivity index (χ2n) is 2.79. The summed E-state index contributed by atoms with van der Waals surface area (Å²) in [4.78, 5) is 4.00. The van der Waals surface area contributed by atoms with Gasteiger partial charge in [-0.2, -0.15) is 11.8 Å². The number of nitrogens with zero attached hydrogens (tertiary/aromatic N) is 1. The van der Waals surface area contributed by atoms with Gasteiger partial charge >= 0.3 is 0 Å². The van der Waals surface area contributed by atoms with E-state index in [1.165, 1.54) is 0 Å². The summed E-state index contributed by atoms with van der Waals surface area (Å²) in [6.45, 7) is 1.13. The average Bonchev–Trinajstić information content (AvgIpc) is 2.06. The van der Waals surface area contributed by atoms with Crippen molar-refractivity contribution in [2.75, 3.05) is 24.6 Å². The summed E-state index contributed by atoms with van der Waals surface area (Å²) < 4.78 is 0. The molecule has 1 rings (SSSR count). The molecule has 1 heterocycles. The molecule has 1 aliphatic heterocycles.